The van der Waals surface area contributed by atoms with Gasteiger partial charge in [-0.3, -0.25) is 9.80 Å². The van der Waals surface area contributed by atoms with Gasteiger partial charge in [-0.15, -0.1) is 5.48 Å². The summed E-state index contributed by atoms with van der Waals surface area (Å²) in [7, 11) is 0. The summed E-state index contributed by atoms with van der Waals surface area (Å²) in [5, 5.41) is 0. The average molecular weight is 431 g/mol. The van der Waals surface area contributed by atoms with Gasteiger partial charge >= 0.3 is 18.2 Å². The molecular weight excluding hydrogens is 403 g/mol. The van der Waals surface area contributed by atoms with Crippen molar-refractivity contribution in [1.82, 2.24) is 15.3 Å². The standard InChI is InChI=1S/C20H28F3N3O4/c1-3-4-13-29-19(28)24-30-18(27)15(2)26-11-9-25(10-12-26)14-16-5-7-17(8-6-16)20(21,22)23/h5-8,15H,3-4,9-14H2,1-2H3,(H,24,28). The van der Waals surface area contributed by atoms with Crippen LogP contribution in [-0.2, 0) is 27.1 Å². The number of amides is 1. The van der Waals surface area contributed by atoms with E-state index in [1.54, 1.807) is 6.92 Å². The van der Waals surface area contributed by atoms with E-state index in [1.165, 1.54) is 12.1 Å². The van der Waals surface area contributed by atoms with Crippen LogP contribution in [0.5, 0.6) is 0 Å². The highest BCUT2D eigenvalue weighted by atomic mass is 19.4. The lowest BCUT2D eigenvalue weighted by molar-refractivity contribution is -0.156. The molecule has 0 aliphatic carbocycles. The van der Waals surface area contributed by atoms with E-state index in [9.17, 15) is 22.8 Å². The van der Waals surface area contributed by atoms with Gasteiger partial charge in [-0.05, 0) is 31.0 Å². The SMILES string of the molecule is CCCCOC(=O)NOC(=O)C(C)N1CCN(Cc2ccc(C(F)(F)F)cc2)CC1. The van der Waals surface area contributed by atoms with E-state index in [2.05, 4.69) is 4.90 Å². The lowest BCUT2D eigenvalue weighted by Gasteiger charge is -2.36. The van der Waals surface area contributed by atoms with E-state index in [1.807, 2.05) is 17.3 Å². The number of alkyl halides is 3. The van der Waals surface area contributed by atoms with Crippen molar-refractivity contribution < 1.29 is 32.3 Å². The predicted molar refractivity (Wildman–Crippen MR) is 103 cm³/mol. The van der Waals surface area contributed by atoms with Crippen LogP contribution >= 0.6 is 0 Å². The summed E-state index contributed by atoms with van der Waals surface area (Å²) < 4.78 is 42.8. The number of unbranched alkanes of at least 4 members (excludes halogenated alkanes) is 1. The van der Waals surface area contributed by atoms with Crippen molar-refractivity contribution in [3.05, 3.63) is 35.4 Å². The van der Waals surface area contributed by atoms with E-state index in [0.717, 1.165) is 30.5 Å². The first-order valence-corrected chi connectivity index (χ1v) is 9.96. The van der Waals surface area contributed by atoms with Gasteiger partial charge in [0.15, 0.2) is 0 Å². The van der Waals surface area contributed by atoms with E-state index in [4.69, 9.17) is 9.57 Å². The molecule has 1 atom stereocenters. The van der Waals surface area contributed by atoms with Gasteiger partial charge in [0, 0.05) is 32.7 Å². The number of halogens is 3. The minimum absolute atomic E-state index is 0.260. The second kappa shape index (κ2) is 11.2. The van der Waals surface area contributed by atoms with Crippen LogP contribution in [0.1, 0.15) is 37.8 Å². The first-order chi connectivity index (χ1) is 14.2. The molecule has 1 amide bonds. The number of carbonyl (C=O) groups is 2. The molecule has 1 unspecified atom stereocenters. The molecule has 1 aliphatic heterocycles. The van der Waals surface area contributed by atoms with E-state index >= 15 is 0 Å². The number of rotatable bonds is 7. The monoisotopic (exact) mass is 431 g/mol. The highest BCUT2D eigenvalue weighted by Crippen LogP contribution is 2.29. The zero-order valence-electron chi connectivity index (χ0n) is 17.2. The van der Waals surface area contributed by atoms with E-state index in [0.29, 0.717) is 32.7 Å². The van der Waals surface area contributed by atoms with Crippen molar-refractivity contribution >= 4 is 12.1 Å². The predicted octanol–water partition coefficient (Wildman–Crippen LogP) is 3.20. The van der Waals surface area contributed by atoms with Crippen molar-refractivity contribution in [2.24, 2.45) is 0 Å². The van der Waals surface area contributed by atoms with Gasteiger partial charge in [0.25, 0.3) is 0 Å². The van der Waals surface area contributed by atoms with Crippen LogP contribution in [0, 0.1) is 0 Å². The van der Waals surface area contributed by atoms with E-state index < -0.39 is 29.8 Å². The van der Waals surface area contributed by atoms with Crippen LogP contribution in [-0.4, -0.2) is 60.7 Å². The fourth-order valence-corrected chi connectivity index (χ4v) is 3.03. The van der Waals surface area contributed by atoms with Crippen LogP contribution in [0.25, 0.3) is 0 Å². The van der Waals surface area contributed by atoms with Crippen molar-refractivity contribution in [3.8, 4) is 0 Å². The largest absolute Gasteiger partial charge is 0.447 e. The second-order valence-electron chi connectivity index (χ2n) is 7.20. The van der Waals surface area contributed by atoms with Crippen LogP contribution in [0.4, 0.5) is 18.0 Å². The van der Waals surface area contributed by atoms with Crippen molar-refractivity contribution in [1.29, 1.82) is 0 Å². The number of hydroxylamine groups is 1. The zero-order valence-corrected chi connectivity index (χ0v) is 17.2. The maximum absolute atomic E-state index is 12.6. The van der Waals surface area contributed by atoms with Crippen LogP contribution in [0.2, 0.25) is 0 Å². The Labute approximate surface area is 174 Å². The Morgan fingerprint density at radius 2 is 1.77 bits per heavy atom. The molecule has 1 heterocycles. The Bertz CT molecular complexity index is 690. The Hall–Kier alpha value is -2.33. The number of ether oxygens (including phenoxy) is 1. The Morgan fingerprint density at radius 1 is 1.13 bits per heavy atom. The first kappa shape index (κ1) is 23.9. The van der Waals surface area contributed by atoms with Crippen LogP contribution in [0.3, 0.4) is 0 Å². The topological polar surface area (TPSA) is 71.1 Å². The number of hydrogen-bond acceptors (Lipinski definition) is 6. The first-order valence-electron chi connectivity index (χ1n) is 9.96. The highest BCUT2D eigenvalue weighted by Gasteiger charge is 2.30. The number of nitrogens with zero attached hydrogens (tertiary/aromatic N) is 2. The molecule has 10 heteroatoms. The Balaban J connectivity index is 1.72. The average Bonchev–Trinajstić information content (AvgIpc) is 2.72. The number of benzene rings is 1. The van der Waals surface area contributed by atoms with Gasteiger partial charge in [0.1, 0.15) is 6.04 Å². The van der Waals surface area contributed by atoms with Gasteiger partial charge in [-0.25, -0.2) is 9.59 Å². The third-order valence-electron chi connectivity index (χ3n) is 4.95. The lowest BCUT2D eigenvalue weighted by Crippen LogP contribution is -2.52. The zero-order chi connectivity index (χ0) is 22.1. The molecule has 2 rings (SSSR count). The molecular formula is C20H28F3N3O4. The summed E-state index contributed by atoms with van der Waals surface area (Å²) in [5.74, 6) is -0.585. The number of carbonyl (C=O) groups excluding carboxylic acids is 2. The normalized spacial score (nSPS) is 16.7. The van der Waals surface area contributed by atoms with Crippen molar-refractivity contribution in [2.45, 2.75) is 45.5 Å². The molecule has 1 aliphatic rings. The summed E-state index contributed by atoms with van der Waals surface area (Å²) in [6.07, 6.45) is -3.52. The molecule has 0 aromatic heterocycles. The molecule has 0 saturated carbocycles. The smallest absolute Gasteiger partial charge is 0.440 e. The van der Waals surface area contributed by atoms with E-state index in [-0.39, 0.29) is 6.61 Å². The molecule has 1 fully saturated rings. The maximum Gasteiger partial charge on any atom is 0.440 e. The lowest BCUT2D eigenvalue weighted by atomic mass is 10.1. The Morgan fingerprint density at radius 3 is 2.33 bits per heavy atom. The minimum atomic E-state index is -4.34. The molecule has 7 nitrogen and oxygen atoms in total. The summed E-state index contributed by atoms with van der Waals surface area (Å²) in [5.41, 5.74) is 2.13. The number of hydrogen-bond donors (Lipinski definition) is 1. The highest BCUT2D eigenvalue weighted by molar-refractivity contribution is 5.77. The maximum atomic E-state index is 12.6. The molecule has 0 spiro atoms. The Kier molecular flexibility index (Phi) is 8.91. The van der Waals surface area contributed by atoms with Gasteiger partial charge in [-0.1, -0.05) is 25.5 Å². The van der Waals surface area contributed by atoms with Crippen molar-refractivity contribution in [3.63, 3.8) is 0 Å². The molecule has 168 valence electrons. The number of piperazine rings is 1. The summed E-state index contributed by atoms with van der Waals surface area (Å²) in [6, 6.07) is 4.60. The summed E-state index contributed by atoms with van der Waals surface area (Å²) in [6.45, 7) is 6.96. The fraction of sp³-hybridized carbons (Fsp3) is 0.600. The molecule has 1 aromatic rings. The molecule has 0 bridgehead atoms. The van der Waals surface area contributed by atoms with Gasteiger partial charge in [-0.2, -0.15) is 13.2 Å². The van der Waals surface area contributed by atoms with Crippen molar-refractivity contribution in [2.75, 3.05) is 32.8 Å². The minimum Gasteiger partial charge on any atom is -0.447 e. The quantitative estimate of drug-likeness (QED) is 0.528. The molecule has 1 N–H and O–H groups in total. The van der Waals surface area contributed by atoms with Gasteiger partial charge in [0.2, 0.25) is 0 Å². The molecule has 30 heavy (non-hydrogen) atoms. The molecule has 1 aromatic carbocycles. The summed E-state index contributed by atoms with van der Waals surface area (Å²) in [4.78, 5) is 32.4. The van der Waals surface area contributed by atoms with Gasteiger partial charge < -0.3 is 9.57 Å². The van der Waals surface area contributed by atoms with Gasteiger partial charge in [0.05, 0.1) is 12.2 Å². The molecule has 1 saturated heterocycles. The number of nitrogens with one attached hydrogen (secondary N) is 1. The summed E-state index contributed by atoms with van der Waals surface area (Å²) >= 11 is 0. The second-order valence-corrected chi connectivity index (χ2v) is 7.20. The third-order valence-corrected chi connectivity index (χ3v) is 4.95. The van der Waals surface area contributed by atoms with Crippen LogP contribution in [0.15, 0.2) is 24.3 Å². The molecule has 0 radical (unpaired) electrons. The third kappa shape index (κ3) is 7.49. The fourth-order valence-electron chi connectivity index (χ4n) is 3.03. The van der Waals surface area contributed by atoms with Crippen LogP contribution < -0.4 is 5.48 Å².